The number of thiophene rings is 1. The molecule has 7 nitrogen and oxygen atoms in total. The molecule has 1 fully saturated rings. The summed E-state index contributed by atoms with van der Waals surface area (Å²) in [5.41, 5.74) is 0. The minimum absolute atomic E-state index is 0.0608. The molecule has 4 heterocycles. The van der Waals surface area contributed by atoms with Crippen molar-refractivity contribution in [1.82, 2.24) is 24.9 Å². The molecule has 4 rings (SSSR count). The van der Waals surface area contributed by atoms with E-state index in [1.54, 1.807) is 28.3 Å². The summed E-state index contributed by atoms with van der Waals surface area (Å²) >= 11 is 1.62. The Morgan fingerprint density at radius 1 is 1.19 bits per heavy atom. The van der Waals surface area contributed by atoms with Gasteiger partial charge >= 0.3 is 0 Å². The van der Waals surface area contributed by atoms with Gasteiger partial charge in [-0.3, -0.25) is 4.79 Å². The molecule has 0 N–H and O–H groups in total. The van der Waals surface area contributed by atoms with Crippen LogP contribution in [0.25, 0.3) is 5.82 Å². The van der Waals surface area contributed by atoms with Gasteiger partial charge in [0.05, 0.1) is 6.42 Å². The van der Waals surface area contributed by atoms with Crippen molar-refractivity contribution < 1.29 is 9.53 Å². The summed E-state index contributed by atoms with van der Waals surface area (Å²) in [5, 5.41) is 14.4. The predicted octanol–water partition coefficient (Wildman–Crippen LogP) is 2.34. The normalized spacial score (nSPS) is 15.2. The molecule has 26 heavy (non-hydrogen) atoms. The second-order valence-corrected chi connectivity index (χ2v) is 7.17. The first kappa shape index (κ1) is 16.7. The third-order valence-corrected chi connectivity index (χ3v) is 5.23. The summed E-state index contributed by atoms with van der Waals surface area (Å²) in [6, 6.07) is 9.45. The molecule has 0 saturated carbocycles. The van der Waals surface area contributed by atoms with Crippen molar-refractivity contribution in [2.45, 2.75) is 25.4 Å². The summed E-state index contributed by atoms with van der Waals surface area (Å²) in [4.78, 5) is 15.4. The number of nitrogens with zero attached hydrogens (tertiary/aromatic N) is 5. The molecule has 0 spiro atoms. The zero-order valence-electron chi connectivity index (χ0n) is 14.2. The number of carbonyl (C=O) groups is 1. The van der Waals surface area contributed by atoms with E-state index in [0.717, 1.165) is 17.7 Å². The standard InChI is InChI=1S/C18H19N5O2S/c24-18(13-15-3-1-12-26-15)22-10-6-14(7-11-22)25-17-5-4-16(20-21-17)23-9-2-8-19-23/h1-5,8-9,12,14H,6-7,10-11,13H2. The Kier molecular flexibility index (Phi) is 4.92. The maximum atomic E-state index is 12.3. The van der Waals surface area contributed by atoms with Crippen molar-refractivity contribution in [1.29, 1.82) is 0 Å². The number of rotatable bonds is 5. The van der Waals surface area contributed by atoms with Crippen LogP contribution in [-0.2, 0) is 11.2 Å². The van der Waals surface area contributed by atoms with Crippen LogP contribution in [0, 0.1) is 0 Å². The molecule has 1 aliphatic heterocycles. The largest absolute Gasteiger partial charge is 0.473 e. The van der Waals surface area contributed by atoms with Crippen LogP contribution in [0.1, 0.15) is 17.7 Å². The SMILES string of the molecule is O=C(Cc1cccs1)N1CCC(Oc2ccc(-n3cccn3)nn2)CC1. The van der Waals surface area contributed by atoms with Gasteiger partial charge in [0.15, 0.2) is 5.82 Å². The third-order valence-electron chi connectivity index (χ3n) is 4.35. The number of ether oxygens (including phenoxy) is 1. The molecule has 3 aromatic rings. The van der Waals surface area contributed by atoms with Gasteiger partial charge in [-0.25, -0.2) is 4.68 Å². The fraction of sp³-hybridized carbons (Fsp3) is 0.333. The molecule has 0 unspecified atom stereocenters. The minimum atomic E-state index is 0.0608. The average molecular weight is 369 g/mol. The number of piperidine rings is 1. The predicted molar refractivity (Wildman–Crippen MR) is 97.4 cm³/mol. The zero-order chi connectivity index (χ0) is 17.8. The molecule has 8 heteroatoms. The van der Waals surface area contributed by atoms with E-state index in [1.165, 1.54) is 0 Å². The van der Waals surface area contributed by atoms with Crippen molar-refractivity contribution in [3.8, 4) is 11.7 Å². The van der Waals surface area contributed by atoms with Crippen LogP contribution in [0.3, 0.4) is 0 Å². The van der Waals surface area contributed by atoms with Crippen LogP contribution in [0.15, 0.2) is 48.1 Å². The lowest BCUT2D eigenvalue weighted by atomic mass is 10.1. The summed E-state index contributed by atoms with van der Waals surface area (Å²) in [7, 11) is 0. The highest BCUT2D eigenvalue weighted by molar-refractivity contribution is 7.10. The van der Waals surface area contributed by atoms with Gasteiger partial charge < -0.3 is 9.64 Å². The van der Waals surface area contributed by atoms with Crippen LogP contribution in [-0.4, -0.2) is 50.0 Å². The summed E-state index contributed by atoms with van der Waals surface area (Å²) < 4.78 is 7.57. The molecule has 1 aliphatic rings. The Morgan fingerprint density at radius 2 is 2.08 bits per heavy atom. The molecule has 1 amide bonds. The van der Waals surface area contributed by atoms with Gasteiger partial charge in [0, 0.05) is 49.3 Å². The van der Waals surface area contributed by atoms with Crippen molar-refractivity contribution in [2.24, 2.45) is 0 Å². The second-order valence-electron chi connectivity index (χ2n) is 6.13. The molecule has 3 aromatic heterocycles. The van der Waals surface area contributed by atoms with Crippen molar-refractivity contribution in [2.75, 3.05) is 13.1 Å². The topological polar surface area (TPSA) is 73.1 Å². The fourth-order valence-electron chi connectivity index (χ4n) is 2.97. The van der Waals surface area contributed by atoms with Crippen molar-refractivity contribution in [3.63, 3.8) is 0 Å². The van der Waals surface area contributed by atoms with Crippen LogP contribution < -0.4 is 4.74 Å². The Labute approximate surface area is 155 Å². The quantitative estimate of drug-likeness (QED) is 0.690. The van der Waals surface area contributed by atoms with Crippen LogP contribution in [0.5, 0.6) is 5.88 Å². The van der Waals surface area contributed by atoms with Gasteiger partial charge in [0.2, 0.25) is 11.8 Å². The number of amides is 1. The molecule has 1 saturated heterocycles. The Bertz CT molecular complexity index is 825. The maximum Gasteiger partial charge on any atom is 0.233 e. The smallest absolute Gasteiger partial charge is 0.233 e. The van der Waals surface area contributed by atoms with Gasteiger partial charge in [-0.15, -0.1) is 21.5 Å². The van der Waals surface area contributed by atoms with Gasteiger partial charge in [0.25, 0.3) is 0 Å². The van der Waals surface area contributed by atoms with Gasteiger partial charge in [-0.05, 0) is 23.6 Å². The highest BCUT2D eigenvalue weighted by Gasteiger charge is 2.24. The number of hydrogen-bond donors (Lipinski definition) is 0. The highest BCUT2D eigenvalue weighted by Crippen LogP contribution is 2.19. The molecule has 0 atom stereocenters. The van der Waals surface area contributed by atoms with Crippen LogP contribution >= 0.6 is 11.3 Å². The number of aromatic nitrogens is 4. The first-order valence-corrected chi connectivity index (χ1v) is 9.46. The van der Waals surface area contributed by atoms with E-state index in [-0.39, 0.29) is 12.0 Å². The number of hydrogen-bond acceptors (Lipinski definition) is 6. The summed E-state index contributed by atoms with van der Waals surface area (Å²) in [6.45, 7) is 1.43. The third kappa shape index (κ3) is 3.91. The summed E-state index contributed by atoms with van der Waals surface area (Å²) in [6.07, 6.45) is 5.67. The van der Waals surface area contributed by atoms with Gasteiger partial charge in [-0.2, -0.15) is 5.10 Å². The maximum absolute atomic E-state index is 12.3. The monoisotopic (exact) mass is 369 g/mol. The lowest BCUT2D eigenvalue weighted by Gasteiger charge is -2.31. The average Bonchev–Trinajstić information content (AvgIpc) is 3.37. The van der Waals surface area contributed by atoms with Gasteiger partial charge in [0.1, 0.15) is 6.10 Å². The first-order valence-electron chi connectivity index (χ1n) is 8.58. The van der Waals surface area contributed by atoms with Crippen molar-refractivity contribution >= 4 is 17.2 Å². The number of likely N-dealkylation sites (tertiary alicyclic amines) is 1. The fourth-order valence-corrected chi connectivity index (χ4v) is 3.67. The molecular formula is C18H19N5O2S. The Balaban J connectivity index is 1.28. The van der Waals surface area contributed by atoms with E-state index in [2.05, 4.69) is 15.3 Å². The number of carbonyl (C=O) groups excluding carboxylic acids is 1. The lowest BCUT2D eigenvalue weighted by molar-refractivity contribution is -0.132. The first-order chi connectivity index (χ1) is 12.8. The van der Waals surface area contributed by atoms with E-state index in [1.807, 2.05) is 40.7 Å². The molecule has 0 radical (unpaired) electrons. The zero-order valence-corrected chi connectivity index (χ0v) is 15.0. The van der Waals surface area contributed by atoms with E-state index >= 15 is 0 Å². The molecule has 0 aromatic carbocycles. The minimum Gasteiger partial charge on any atom is -0.473 e. The van der Waals surface area contributed by atoms with E-state index in [0.29, 0.717) is 31.2 Å². The molecule has 134 valence electrons. The lowest BCUT2D eigenvalue weighted by Crippen LogP contribution is -2.42. The van der Waals surface area contributed by atoms with E-state index in [4.69, 9.17) is 4.74 Å². The van der Waals surface area contributed by atoms with Gasteiger partial charge in [-0.1, -0.05) is 6.07 Å². The van der Waals surface area contributed by atoms with Crippen LogP contribution in [0.2, 0.25) is 0 Å². The highest BCUT2D eigenvalue weighted by atomic mass is 32.1. The molecule has 0 bridgehead atoms. The molecule has 0 aliphatic carbocycles. The van der Waals surface area contributed by atoms with E-state index < -0.39 is 0 Å². The second kappa shape index (κ2) is 7.65. The van der Waals surface area contributed by atoms with E-state index in [9.17, 15) is 4.79 Å². The molecular weight excluding hydrogens is 350 g/mol. The summed E-state index contributed by atoms with van der Waals surface area (Å²) in [5.74, 6) is 1.34. The Morgan fingerprint density at radius 3 is 2.73 bits per heavy atom. The van der Waals surface area contributed by atoms with Crippen LogP contribution in [0.4, 0.5) is 0 Å². The Hall–Kier alpha value is -2.74. The van der Waals surface area contributed by atoms with Crippen molar-refractivity contribution in [3.05, 3.63) is 53.0 Å².